The summed E-state index contributed by atoms with van der Waals surface area (Å²) in [6, 6.07) is 8.46. The highest BCUT2D eigenvalue weighted by atomic mass is 14.9. The van der Waals surface area contributed by atoms with E-state index in [1.807, 2.05) is 23.9 Å². The number of nitrogens with one attached hydrogen (secondary N) is 1. The maximum Gasteiger partial charge on any atom is 0.120 e. The number of benzene rings is 1. The van der Waals surface area contributed by atoms with E-state index in [4.69, 9.17) is 5.26 Å². The molecule has 0 fully saturated rings. The van der Waals surface area contributed by atoms with Crippen LogP contribution in [0, 0.1) is 32.1 Å². The summed E-state index contributed by atoms with van der Waals surface area (Å²) in [7, 11) is 1.89. The quantitative estimate of drug-likeness (QED) is 0.910. The van der Waals surface area contributed by atoms with Gasteiger partial charge in [-0.25, -0.2) is 0 Å². The highest BCUT2D eigenvalue weighted by molar-refractivity contribution is 5.58. The molecule has 0 bridgehead atoms. The van der Waals surface area contributed by atoms with Crippen molar-refractivity contribution in [3.63, 3.8) is 0 Å². The minimum absolute atomic E-state index is 0.689. The zero-order valence-electron chi connectivity index (χ0n) is 11.9. The molecule has 0 spiro atoms. The Labute approximate surface area is 114 Å². The monoisotopic (exact) mass is 253 g/mol. The van der Waals surface area contributed by atoms with E-state index in [9.17, 15) is 0 Å². The van der Waals surface area contributed by atoms with E-state index in [1.165, 1.54) is 22.4 Å². The highest BCUT2D eigenvalue weighted by Crippen LogP contribution is 2.22. The molecule has 2 aromatic rings. The second-order valence-electron chi connectivity index (χ2n) is 5.08. The Morgan fingerprint density at radius 1 is 1.16 bits per heavy atom. The topological polar surface area (TPSA) is 40.8 Å². The van der Waals surface area contributed by atoms with Crippen molar-refractivity contribution in [2.24, 2.45) is 7.05 Å². The number of aryl methyl sites for hydroxylation is 4. The fourth-order valence-corrected chi connectivity index (χ4v) is 2.49. The molecule has 0 aliphatic rings. The van der Waals surface area contributed by atoms with Crippen LogP contribution in [-0.2, 0) is 13.6 Å². The minimum atomic E-state index is 0.689. The first-order valence-electron chi connectivity index (χ1n) is 6.38. The van der Waals surface area contributed by atoms with Gasteiger partial charge in [-0.1, -0.05) is 17.7 Å². The van der Waals surface area contributed by atoms with Crippen LogP contribution in [0.5, 0.6) is 0 Å². The first kappa shape index (κ1) is 13.2. The Kier molecular flexibility index (Phi) is 3.62. The third kappa shape index (κ3) is 2.79. The van der Waals surface area contributed by atoms with E-state index in [1.54, 1.807) is 0 Å². The molecule has 0 atom stereocenters. The molecule has 0 saturated heterocycles. The number of anilines is 1. The lowest BCUT2D eigenvalue weighted by Gasteiger charge is -2.13. The van der Waals surface area contributed by atoms with Crippen molar-refractivity contribution in [1.82, 2.24) is 4.57 Å². The smallest absolute Gasteiger partial charge is 0.120 e. The van der Waals surface area contributed by atoms with Gasteiger partial charge in [-0.05, 0) is 43.5 Å². The van der Waals surface area contributed by atoms with E-state index in [0.29, 0.717) is 5.69 Å². The lowest BCUT2D eigenvalue weighted by Crippen LogP contribution is -2.02. The Bertz CT molecular complexity index is 621. The SMILES string of the molecule is Cc1cc(C)c(NCc2cc(C#N)n(C)c2)c(C)c1. The largest absolute Gasteiger partial charge is 0.380 e. The first-order valence-corrected chi connectivity index (χ1v) is 6.38. The number of nitriles is 1. The van der Waals surface area contributed by atoms with Gasteiger partial charge < -0.3 is 9.88 Å². The third-order valence-electron chi connectivity index (χ3n) is 3.32. The molecule has 1 aromatic heterocycles. The average Bonchev–Trinajstić information content (AvgIpc) is 2.68. The molecular formula is C16H19N3. The van der Waals surface area contributed by atoms with Gasteiger partial charge in [-0.15, -0.1) is 0 Å². The summed E-state index contributed by atoms with van der Waals surface area (Å²) in [6.07, 6.45) is 1.99. The van der Waals surface area contributed by atoms with Crippen molar-refractivity contribution >= 4 is 5.69 Å². The summed E-state index contributed by atoms with van der Waals surface area (Å²) in [5.74, 6) is 0. The second-order valence-corrected chi connectivity index (χ2v) is 5.08. The highest BCUT2D eigenvalue weighted by Gasteiger charge is 2.05. The summed E-state index contributed by atoms with van der Waals surface area (Å²) >= 11 is 0. The molecule has 0 unspecified atom stereocenters. The van der Waals surface area contributed by atoms with E-state index in [0.717, 1.165) is 12.1 Å². The van der Waals surface area contributed by atoms with Gasteiger partial charge in [-0.2, -0.15) is 5.26 Å². The zero-order valence-corrected chi connectivity index (χ0v) is 11.9. The number of hydrogen-bond donors (Lipinski definition) is 1. The summed E-state index contributed by atoms with van der Waals surface area (Å²) in [6.45, 7) is 7.09. The molecule has 0 amide bonds. The van der Waals surface area contributed by atoms with Gasteiger partial charge >= 0.3 is 0 Å². The van der Waals surface area contributed by atoms with E-state index >= 15 is 0 Å². The number of aromatic nitrogens is 1. The normalized spacial score (nSPS) is 10.3. The van der Waals surface area contributed by atoms with Crippen molar-refractivity contribution in [2.45, 2.75) is 27.3 Å². The van der Waals surface area contributed by atoms with Crippen LogP contribution >= 0.6 is 0 Å². The lowest BCUT2D eigenvalue weighted by atomic mass is 10.0. The van der Waals surface area contributed by atoms with Gasteiger partial charge in [0.1, 0.15) is 11.8 Å². The molecule has 0 aliphatic carbocycles. The van der Waals surface area contributed by atoms with Crippen LogP contribution in [0.2, 0.25) is 0 Å². The molecule has 0 saturated carbocycles. The van der Waals surface area contributed by atoms with Crippen molar-refractivity contribution in [2.75, 3.05) is 5.32 Å². The molecule has 1 aromatic carbocycles. The van der Waals surface area contributed by atoms with E-state index < -0.39 is 0 Å². The van der Waals surface area contributed by atoms with Gasteiger partial charge in [0.25, 0.3) is 0 Å². The maximum absolute atomic E-state index is 8.94. The lowest BCUT2D eigenvalue weighted by molar-refractivity contribution is 0.902. The molecule has 3 nitrogen and oxygen atoms in total. The van der Waals surface area contributed by atoms with E-state index in [-0.39, 0.29) is 0 Å². The zero-order chi connectivity index (χ0) is 14.0. The molecule has 98 valence electrons. The summed E-state index contributed by atoms with van der Waals surface area (Å²) in [5, 5.41) is 12.4. The molecule has 1 N–H and O–H groups in total. The van der Waals surface area contributed by atoms with Crippen molar-refractivity contribution in [3.8, 4) is 6.07 Å². The van der Waals surface area contributed by atoms with Crippen LogP contribution in [0.4, 0.5) is 5.69 Å². The van der Waals surface area contributed by atoms with Crippen LogP contribution in [-0.4, -0.2) is 4.57 Å². The Balaban J connectivity index is 2.17. The molecule has 3 heteroatoms. The molecule has 0 radical (unpaired) electrons. The second kappa shape index (κ2) is 5.19. The number of hydrogen-bond acceptors (Lipinski definition) is 2. The van der Waals surface area contributed by atoms with Gasteiger partial charge in [0.2, 0.25) is 0 Å². The van der Waals surface area contributed by atoms with E-state index in [2.05, 4.69) is 44.3 Å². The standard InChI is InChI=1S/C16H19N3/c1-11-5-12(2)16(13(3)6-11)18-9-14-7-15(8-17)19(4)10-14/h5-7,10,18H,9H2,1-4H3. The minimum Gasteiger partial charge on any atom is -0.380 e. The first-order chi connectivity index (χ1) is 9.01. The Morgan fingerprint density at radius 3 is 2.32 bits per heavy atom. The molecular weight excluding hydrogens is 234 g/mol. The number of rotatable bonds is 3. The maximum atomic E-state index is 8.94. The Hall–Kier alpha value is -2.21. The predicted molar refractivity (Wildman–Crippen MR) is 78.1 cm³/mol. The summed E-state index contributed by atoms with van der Waals surface area (Å²) in [5.41, 5.74) is 6.80. The van der Waals surface area contributed by atoms with Gasteiger partial charge in [0, 0.05) is 25.5 Å². The van der Waals surface area contributed by atoms with Crippen LogP contribution in [0.15, 0.2) is 24.4 Å². The molecule has 2 rings (SSSR count). The molecule has 0 aliphatic heterocycles. The van der Waals surface area contributed by atoms with Crippen LogP contribution in [0.1, 0.15) is 27.9 Å². The van der Waals surface area contributed by atoms with Crippen LogP contribution < -0.4 is 5.32 Å². The molecule has 19 heavy (non-hydrogen) atoms. The Morgan fingerprint density at radius 2 is 1.79 bits per heavy atom. The predicted octanol–water partition coefficient (Wildman–Crippen LogP) is 3.43. The summed E-state index contributed by atoms with van der Waals surface area (Å²) < 4.78 is 1.85. The van der Waals surface area contributed by atoms with Crippen LogP contribution in [0.25, 0.3) is 0 Å². The van der Waals surface area contributed by atoms with Crippen molar-refractivity contribution < 1.29 is 0 Å². The summed E-state index contributed by atoms with van der Waals surface area (Å²) in [4.78, 5) is 0. The average molecular weight is 253 g/mol. The van der Waals surface area contributed by atoms with Crippen molar-refractivity contribution in [3.05, 3.63) is 52.3 Å². The van der Waals surface area contributed by atoms with Gasteiger partial charge in [-0.3, -0.25) is 0 Å². The third-order valence-corrected chi connectivity index (χ3v) is 3.32. The molecule has 1 heterocycles. The van der Waals surface area contributed by atoms with Gasteiger partial charge in [0.15, 0.2) is 0 Å². The van der Waals surface area contributed by atoms with Gasteiger partial charge in [0.05, 0.1) is 0 Å². The fourth-order valence-electron chi connectivity index (χ4n) is 2.49. The fraction of sp³-hybridized carbons (Fsp3) is 0.312. The number of nitrogens with zero attached hydrogens (tertiary/aromatic N) is 2. The van der Waals surface area contributed by atoms with Crippen molar-refractivity contribution in [1.29, 1.82) is 5.26 Å². The van der Waals surface area contributed by atoms with Crippen LogP contribution in [0.3, 0.4) is 0 Å².